The lowest BCUT2D eigenvalue weighted by molar-refractivity contribution is -0.109. The molecule has 0 aliphatic carbocycles. The minimum Gasteiger partial charge on any atom is -0.444 e. The van der Waals surface area contributed by atoms with E-state index in [0.717, 1.165) is 0 Å². The van der Waals surface area contributed by atoms with Gasteiger partial charge in [-0.2, -0.15) is 0 Å². The number of thioether (sulfide) groups is 1. The van der Waals surface area contributed by atoms with Crippen LogP contribution < -0.4 is 5.32 Å². The molecule has 0 aromatic carbocycles. The number of hydrogen-bond donors (Lipinski definition) is 1. The third kappa shape index (κ3) is 8.39. The molecule has 0 aromatic heterocycles. The Kier molecular flexibility index (Phi) is 6.20. The monoisotopic (exact) mass is 275 g/mol. The van der Waals surface area contributed by atoms with Gasteiger partial charge in [-0.1, -0.05) is 32.5 Å². The van der Waals surface area contributed by atoms with Crippen LogP contribution in [0.1, 0.15) is 48.5 Å². The molecule has 0 saturated heterocycles. The smallest absolute Gasteiger partial charge is 0.407 e. The minimum absolute atomic E-state index is 0.0511. The Morgan fingerprint density at radius 2 is 1.67 bits per heavy atom. The molecule has 0 bridgehead atoms. The Labute approximate surface area is 114 Å². The van der Waals surface area contributed by atoms with E-state index >= 15 is 0 Å². The van der Waals surface area contributed by atoms with E-state index in [1.807, 2.05) is 41.5 Å². The first kappa shape index (κ1) is 17.3. The van der Waals surface area contributed by atoms with Crippen LogP contribution in [-0.2, 0) is 9.53 Å². The second-order valence-corrected chi connectivity index (χ2v) is 7.56. The number of ether oxygens (including phenoxy) is 1. The molecule has 5 heteroatoms. The van der Waals surface area contributed by atoms with Crippen molar-refractivity contribution in [1.82, 2.24) is 5.32 Å². The zero-order chi connectivity index (χ0) is 14.6. The molecule has 0 radical (unpaired) electrons. The van der Waals surface area contributed by atoms with Gasteiger partial charge in [0.25, 0.3) is 0 Å². The van der Waals surface area contributed by atoms with E-state index < -0.39 is 11.7 Å². The fourth-order valence-corrected chi connectivity index (χ4v) is 2.14. The molecular weight excluding hydrogens is 250 g/mol. The molecule has 0 rings (SSSR count). The van der Waals surface area contributed by atoms with Crippen molar-refractivity contribution in [1.29, 1.82) is 0 Å². The van der Waals surface area contributed by atoms with Crippen molar-refractivity contribution >= 4 is 23.0 Å². The third-order valence-corrected chi connectivity index (χ3v) is 3.10. The van der Waals surface area contributed by atoms with Gasteiger partial charge in [-0.25, -0.2) is 4.79 Å². The minimum atomic E-state index is -0.514. The summed E-state index contributed by atoms with van der Waals surface area (Å²) in [6.07, 6.45) is -0.438. The summed E-state index contributed by atoms with van der Waals surface area (Å²) in [5, 5.41) is 2.89. The van der Waals surface area contributed by atoms with Crippen molar-refractivity contribution < 1.29 is 14.3 Å². The number of alkyl carbamates (subject to hydrolysis) is 1. The lowest BCUT2D eigenvalue weighted by Gasteiger charge is -2.32. The molecule has 0 aromatic rings. The summed E-state index contributed by atoms with van der Waals surface area (Å²) in [5.41, 5.74) is -0.639. The summed E-state index contributed by atoms with van der Waals surface area (Å²) in [6, 6.07) is -0.110. The first-order valence-corrected chi connectivity index (χ1v) is 7.03. The van der Waals surface area contributed by atoms with Gasteiger partial charge in [0.1, 0.15) is 5.60 Å². The molecule has 4 nitrogen and oxygen atoms in total. The van der Waals surface area contributed by atoms with Crippen LogP contribution in [0.3, 0.4) is 0 Å². The number of carbonyl (C=O) groups is 2. The quantitative estimate of drug-likeness (QED) is 0.859. The fourth-order valence-electron chi connectivity index (χ4n) is 1.16. The molecular formula is C13H25NO3S. The molecule has 0 aliphatic heterocycles. The largest absolute Gasteiger partial charge is 0.444 e. The van der Waals surface area contributed by atoms with Gasteiger partial charge in [0.15, 0.2) is 5.12 Å². The fraction of sp³-hybridized carbons (Fsp3) is 0.846. The molecule has 1 N–H and O–H groups in total. The molecule has 0 unspecified atom stereocenters. The predicted molar refractivity (Wildman–Crippen MR) is 75.8 cm³/mol. The molecule has 1 atom stereocenters. The van der Waals surface area contributed by atoms with Crippen LogP contribution >= 0.6 is 11.8 Å². The first-order chi connectivity index (χ1) is 7.92. The Morgan fingerprint density at radius 3 is 2.00 bits per heavy atom. The maximum absolute atomic E-state index is 11.7. The Hall–Kier alpha value is -0.710. The van der Waals surface area contributed by atoms with Gasteiger partial charge in [0.2, 0.25) is 0 Å². The summed E-state index contributed by atoms with van der Waals surface area (Å²) in [6.45, 7) is 13.1. The highest BCUT2D eigenvalue weighted by molar-refractivity contribution is 8.13. The molecule has 106 valence electrons. The molecule has 0 saturated carbocycles. The highest BCUT2D eigenvalue weighted by Crippen LogP contribution is 2.23. The summed E-state index contributed by atoms with van der Waals surface area (Å²) >= 11 is 1.22. The highest BCUT2D eigenvalue weighted by Gasteiger charge is 2.28. The van der Waals surface area contributed by atoms with Gasteiger partial charge in [-0.15, -0.1) is 0 Å². The Bertz CT molecular complexity index is 302. The van der Waals surface area contributed by atoms with E-state index in [-0.39, 0.29) is 16.6 Å². The van der Waals surface area contributed by atoms with Gasteiger partial charge >= 0.3 is 6.09 Å². The molecule has 1 amide bonds. The van der Waals surface area contributed by atoms with E-state index in [4.69, 9.17) is 4.74 Å². The van der Waals surface area contributed by atoms with E-state index in [9.17, 15) is 9.59 Å². The molecule has 0 fully saturated rings. The number of amides is 1. The Balaban J connectivity index is 4.51. The van der Waals surface area contributed by atoms with Crippen molar-refractivity contribution in [3.63, 3.8) is 0 Å². The number of hydrogen-bond acceptors (Lipinski definition) is 4. The van der Waals surface area contributed by atoms with Gasteiger partial charge in [0, 0.05) is 18.7 Å². The van der Waals surface area contributed by atoms with Crippen LogP contribution in [0.2, 0.25) is 0 Å². The summed E-state index contributed by atoms with van der Waals surface area (Å²) in [7, 11) is 0. The van der Waals surface area contributed by atoms with Crippen LogP contribution in [0, 0.1) is 5.41 Å². The van der Waals surface area contributed by atoms with Crippen molar-refractivity contribution in [2.75, 3.05) is 5.75 Å². The molecule has 0 heterocycles. The maximum atomic E-state index is 11.7. The maximum Gasteiger partial charge on any atom is 0.407 e. The number of nitrogens with one attached hydrogen (secondary N) is 1. The topological polar surface area (TPSA) is 55.4 Å². The molecule has 0 aliphatic rings. The third-order valence-electron chi connectivity index (χ3n) is 2.19. The standard InChI is InChI=1S/C13H25NO3S/c1-9(15)18-8-10(12(2,3)4)14-11(16)17-13(5,6)7/h10H,8H2,1-7H3,(H,14,16)/t10-/m1/s1. The van der Waals surface area contributed by atoms with Crippen molar-refractivity contribution in [3.05, 3.63) is 0 Å². The molecule has 0 spiro atoms. The lowest BCUT2D eigenvalue weighted by atomic mass is 9.88. The van der Waals surface area contributed by atoms with Crippen molar-refractivity contribution in [2.24, 2.45) is 5.41 Å². The van der Waals surface area contributed by atoms with Crippen LogP contribution in [-0.4, -0.2) is 28.6 Å². The number of rotatable bonds is 3. The van der Waals surface area contributed by atoms with E-state index in [0.29, 0.717) is 5.75 Å². The predicted octanol–water partition coefficient (Wildman–Crippen LogP) is 3.21. The second-order valence-electron chi connectivity index (χ2n) is 6.37. The van der Waals surface area contributed by atoms with Crippen molar-refractivity contribution in [2.45, 2.75) is 60.1 Å². The average molecular weight is 275 g/mol. The van der Waals surface area contributed by atoms with Crippen LogP contribution in [0.25, 0.3) is 0 Å². The molecule has 18 heavy (non-hydrogen) atoms. The van der Waals surface area contributed by atoms with Crippen LogP contribution in [0.4, 0.5) is 4.79 Å². The summed E-state index contributed by atoms with van der Waals surface area (Å²) < 4.78 is 5.23. The van der Waals surface area contributed by atoms with E-state index in [1.54, 1.807) is 0 Å². The zero-order valence-electron chi connectivity index (χ0n) is 12.4. The van der Waals surface area contributed by atoms with E-state index in [1.165, 1.54) is 18.7 Å². The summed E-state index contributed by atoms with van der Waals surface area (Å²) in [5.74, 6) is 0.554. The second kappa shape index (κ2) is 6.45. The van der Waals surface area contributed by atoms with Crippen LogP contribution in [0.5, 0.6) is 0 Å². The SMILES string of the molecule is CC(=O)SC[C@@H](NC(=O)OC(C)(C)C)C(C)(C)C. The van der Waals surface area contributed by atoms with Gasteiger partial charge in [-0.3, -0.25) is 4.79 Å². The van der Waals surface area contributed by atoms with Gasteiger partial charge < -0.3 is 10.1 Å². The van der Waals surface area contributed by atoms with Gasteiger partial charge in [0.05, 0.1) is 0 Å². The van der Waals surface area contributed by atoms with Crippen molar-refractivity contribution in [3.8, 4) is 0 Å². The number of carbonyl (C=O) groups excluding carboxylic acids is 2. The van der Waals surface area contributed by atoms with E-state index in [2.05, 4.69) is 5.32 Å². The average Bonchev–Trinajstić information content (AvgIpc) is 2.06. The normalized spacial score (nSPS) is 13.9. The Morgan fingerprint density at radius 1 is 1.17 bits per heavy atom. The zero-order valence-corrected chi connectivity index (χ0v) is 13.2. The van der Waals surface area contributed by atoms with Crippen LogP contribution in [0.15, 0.2) is 0 Å². The summed E-state index contributed by atoms with van der Waals surface area (Å²) in [4.78, 5) is 22.7. The first-order valence-electron chi connectivity index (χ1n) is 6.04. The highest BCUT2D eigenvalue weighted by atomic mass is 32.2. The lowest BCUT2D eigenvalue weighted by Crippen LogP contribution is -2.47. The van der Waals surface area contributed by atoms with Gasteiger partial charge in [-0.05, 0) is 26.2 Å².